The second-order valence-electron chi connectivity index (χ2n) is 6.09. The Balaban J connectivity index is 1.53. The maximum absolute atomic E-state index is 9.11. The topological polar surface area (TPSA) is 39.6 Å². The largest absolute Gasteiger partial charge is 0.390 e. The monoisotopic (exact) mass is 295 g/mol. The number of hydrogen-bond acceptors (Lipinski definition) is 5. The number of aliphatic hydroxyl groups is 1. The molecule has 0 aromatic carbocycles. The molecule has 0 aliphatic carbocycles. The summed E-state index contributed by atoms with van der Waals surface area (Å²) in [5.41, 5.74) is 0.803. The van der Waals surface area contributed by atoms with Crippen molar-refractivity contribution in [2.45, 2.75) is 45.3 Å². The minimum absolute atomic E-state index is 0.0545. The predicted octanol–water partition coefficient (Wildman–Crippen LogP) is 2.34. The van der Waals surface area contributed by atoms with Gasteiger partial charge in [-0.15, -0.1) is 11.3 Å². The second kappa shape index (κ2) is 6.41. The molecule has 0 unspecified atom stereocenters. The number of rotatable bonds is 4. The zero-order valence-corrected chi connectivity index (χ0v) is 13.1. The first-order chi connectivity index (χ1) is 9.78. The van der Waals surface area contributed by atoms with Crippen LogP contribution < -0.4 is 4.90 Å². The van der Waals surface area contributed by atoms with Gasteiger partial charge >= 0.3 is 0 Å². The molecule has 0 spiro atoms. The number of anilines is 1. The molecule has 1 aromatic heterocycles. The van der Waals surface area contributed by atoms with Crippen LogP contribution in [-0.2, 0) is 6.61 Å². The third-order valence-corrected chi connectivity index (χ3v) is 5.86. The van der Waals surface area contributed by atoms with Crippen LogP contribution in [-0.4, -0.2) is 47.2 Å². The van der Waals surface area contributed by atoms with Crippen LogP contribution in [0.5, 0.6) is 0 Å². The Labute approximate surface area is 125 Å². The van der Waals surface area contributed by atoms with Crippen LogP contribution in [0, 0.1) is 5.92 Å². The number of nitrogens with zero attached hydrogens (tertiary/aromatic N) is 3. The summed E-state index contributed by atoms with van der Waals surface area (Å²) in [6, 6.07) is 0.740. The smallest absolute Gasteiger partial charge is 0.185 e. The number of aliphatic hydroxyl groups excluding tert-OH is 1. The molecule has 2 fully saturated rings. The molecule has 3 rings (SSSR count). The lowest BCUT2D eigenvalue weighted by Gasteiger charge is -2.38. The second-order valence-corrected chi connectivity index (χ2v) is 6.92. The van der Waals surface area contributed by atoms with E-state index in [-0.39, 0.29) is 6.61 Å². The van der Waals surface area contributed by atoms with Gasteiger partial charge in [-0.25, -0.2) is 4.98 Å². The fraction of sp³-hybridized carbons (Fsp3) is 0.800. The number of hydrogen-bond donors (Lipinski definition) is 1. The molecule has 0 saturated carbocycles. The highest BCUT2D eigenvalue weighted by Crippen LogP contribution is 2.30. The van der Waals surface area contributed by atoms with Gasteiger partial charge < -0.3 is 14.9 Å². The molecule has 20 heavy (non-hydrogen) atoms. The van der Waals surface area contributed by atoms with Gasteiger partial charge in [0.15, 0.2) is 5.13 Å². The van der Waals surface area contributed by atoms with Gasteiger partial charge in [-0.3, -0.25) is 0 Å². The molecule has 2 saturated heterocycles. The lowest BCUT2D eigenvalue weighted by molar-refractivity contribution is 0.168. The van der Waals surface area contributed by atoms with Gasteiger partial charge in [0.05, 0.1) is 12.3 Å². The molecule has 3 heterocycles. The summed E-state index contributed by atoms with van der Waals surface area (Å²) in [4.78, 5) is 9.54. The number of likely N-dealkylation sites (tertiary alicyclic amines) is 1. The van der Waals surface area contributed by atoms with E-state index in [1.54, 1.807) is 11.3 Å². The lowest BCUT2D eigenvalue weighted by Crippen LogP contribution is -2.43. The van der Waals surface area contributed by atoms with E-state index in [1.165, 1.54) is 38.8 Å². The molecule has 0 amide bonds. The van der Waals surface area contributed by atoms with E-state index in [1.807, 2.05) is 5.38 Å². The van der Waals surface area contributed by atoms with Gasteiger partial charge in [0.25, 0.3) is 0 Å². The van der Waals surface area contributed by atoms with Gasteiger partial charge in [-0.2, -0.15) is 0 Å². The standard InChI is InChI=1S/C15H25N3OS/c1-12(17-6-2-3-7-17)13-4-8-18(9-5-13)15-16-14(10-19)11-20-15/h11-13,19H,2-10H2,1H3/t12-/m0/s1. The molecule has 2 aliphatic rings. The van der Waals surface area contributed by atoms with E-state index in [0.717, 1.165) is 35.9 Å². The summed E-state index contributed by atoms with van der Waals surface area (Å²) in [6.45, 7) is 7.29. The van der Waals surface area contributed by atoms with E-state index in [0.29, 0.717) is 0 Å². The summed E-state index contributed by atoms with van der Waals surface area (Å²) < 4.78 is 0. The van der Waals surface area contributed by atoms with Crippen LogP contribution in [0.1, 0.15) is 38.3 Å². The molecule has 0 radical (unpaired) electrons. The quantitative estimate of drug-likeness (QED) is 0.925. The summed E-state index contributed by atoms with van der Waals surface area (Å²) >= 11 is 1.66. The van der Waals surface area contributed by atoms with Crippen molar-refractivity contribution in [3.63, 3.8) is 0 Å². The number of aromatic nitrogens is 1. The first kappa shape index (κ1) is 14.3. The average Bonchev–Trinajstić information content (AvgIpc) is 3.18. The Morgan fingerprint density at radius 3 is 2.60 bits per heavy atom. The van der Waals surface area contributed by atoms with Gasteiger partial charge in [0.1, 0.15) is 0 Å². The summed E-state index contributed by atoms with van der Waals surface area (Å²) in [5, 5.41) is 12.2. The fourth-order valence-electron chi connectivity index (χ4n) is 3.53. The van der Waals surface area contributed by atoms with E-state index in [2.05, 4.69) is 21.7 Å². The predicted molar refractivity (Wildman–Crippen MR) is 83.2 cm³/mol. The number of thiazole rings is 1. The molecule has 1 N–H and O–H groups in total. The Morgan fingerprint density at radius 2 is 2.00 bits per heavy atom. The molecular weight excluding hydrogens is 270 g/mol. The fourth-order valence-corrected chi connectivity index (χ4v) is 4.40. The first-order valence-corrected chi connectivity index (χ1v) is 8.70. The van der Waals surface area contributed by atoms with E-state index in [4.69, 9.17) is 5.11 Å². The molecule has 4 nitrogen and oxygen atoms in total. The van der Waals surface area contributed by atoms with Crippen molar-refractivity contribution >= 4 is 16.5 Å². The highest BCUT2D eigenvalue weighted by atomic mass is 32.1. The zero-order valence-electron chi connectivity index (χ0n) is 12.3. The maximum atomic E-state index is 9.11. The SMILES string of the molecule is C[C@@H](C1CCN(c2nc(CO)cs2)CC1)N1CCCC1. The van der Waals surface area contributed by atoms with Crippen LogP contribution in [0.15, 0.2) is 5.38 Å². The minimum atomic E-state index is 0.0545. The number of piperidine rings is 1. The van der Waals surface area contributed by atoms with Crippen LogP contribution in [0.25, 0.3) is 0 Å². The molecule has 5 heteroatoms. The molecule has 1 aromatic rings. The summed E-state index contributed by atoms with van der Waals surface area (Å²) in [7, 11) is 0. The summed E-state index contributed by atoms with van der Waals surface area (Å²) in [5.74, 6) is 0.835. The average molecular weight is 295 g/mol. The third kappa shape index (κ3) is 3.00. The van der Waals surface area contributed by atoms with E-state index in [9.17, 15) is 0 Å². The van der Waals surface area contributed by atoms with Crippen LogP contribution >= 0.6 is 11.3 Å². The van der Waals surface area contributed by atoms with Crippen LogP contribution in [0.2, 0.25) is 0 Å². The molecule has 0 bridgehead atoms. The lowest BCUT2D eigenvalue weighted by atomic mass is 9.89. The molecule has 1 atom stereocenters. The van der Waals surface area contributed by atoms with E-state index < -0.39 is 0 Å². The zero-order chi connectivity index (χ0) is 13.9. The van der Waals surface area contributed by atoms with Crippen molar-refractivity contribution in [1.82, 2.24) is 9.88 Å². The van der Waals surface area contributed by atoms with Crippen molar-refractivity contribution in [2.75, 3.05) is 31.1 Å². The Bertz CT molecular complexity index is 423. The molecule has 2 aliphatic heterocycles. The Morgan fingerprint density at radius 1 is 1.30 bits per heavy atom. The van der Waals surface area contributed by atoms with Gasteiger partial charge in [0.2, 0.25) is 0 Å². The maximum Gasteiger partial charge on any atom is 0.185 e. The van der Waals surface area contributed by atoms with Crippen LogP contribution in [0.4, 0.5) is 5.13 Å². The van der Waals surface area contributed by atoms with Gasteiger partial charge in [-0.05, 0) is 51.6 Å². The van der Waals surface area contributed by atoms with Crippen molar-refractivity contribution < 1.29 is 5.11 Å². The minimum Gasteiger partial charge on any atom is -0.390 e. The summed E-state index contributed by atoms with van der Waals surface area (Å²) in [6.07, 6.45) is 5.30. The highest BCUT2D eigenvalue weighted by Gasteiger charge is 2.29. The van der Waals surface area contributed by atoms with Crippen molar-refractivity contribution in [2.24, 2.45) is 5.92 Å². The van der Waals surface area contributed by atoms with Gasteiger partial charge in [-0.1, -0.05) is 0 Å². The Hall–Kier alpha value is -0.650. The molecular formula is C15H25N3OS. The third-order valence-electron chi connectivity index (χ3n) is 4.91. The highest BCUT2D eigenvalue weighted by molar-refractivity contribution is 7.13. The van der Waals surface area contributed by atoms with E-state index >= 15 is 0 Å². The Kier molecular flexibility index (Phi) is 4.58. The van der Waals surface area contributed by atoms with Crippen molar-refractivity contribution in [3.05, 3.63) is 11.1 Å². The van der Waals surface area contributed by atoms with Crippen molar-refractivity contribution in [3.8, 4) is 0 Å². The molecule has 112 valence electrons. The first-order valence-electron chi connectivity index (χ1n) is 7.82. The normalized spacial score (nSPS) is 23.4. The van der Waals surface area contributed by atoms with Crippen LogP contribution in [0.3, 0.4) is 0 Å². The van der Waals surface area contributed by atoms with Gasteiger partial charge in [0, 0.05) is 24.5 Å². The van der Waals surface area contributed by atoms with Crippen molar-refractivity contribution in [1.29, 1.82) is 0 Å².